The van der Waals surface area contributed by atoms with Gasteiger partial charge in [0.2, 0.25) is 10.0 Å². The zero-order valence-corrected chi connectivity index (χ0v) is 16.3. The second-order valence-electron chi connectivity index (χ2n) is 5.62. The quantitative estimate of drug-likeness (QED) is 0.704. The SMILES string of the molecule is CNCc1cc(S(=O)(=O)NC(CN(C)C)C(C)C)c(Br)s1. The van der Waals surface area contributed by atoms with Gasteiger partial charge in [0.1, 0.15) is 4.90 Å². The number of sulfonamides is 1. The fourth-order valence-electron chi connectivity index (χ4n) is 1.88. The highest BCUT2D eigenvalue weighted by molar-refractivity contribution is 9.11. The molecule has 0 radical (unpaired) electrons. The van der Waals surface area contributed by atoms with Gasteiger partial charge in [0.15, 0.2) is 0 Å². The average molecular weight is 398 g/mol. The molecule has 2 N–H and O–H groups in total. The Morgan fingerprint density at radius 3 is 2.48 bits per heavy atom. The highest BCUT2D eigenvalue weighted by atomic mass is 79.9. The van der Waals surface area contributed by atoms with Crippen molar-refractivity contribution in [2.24, 2.45) is 5.92 Å². The monoisotopic (exact) mass is 397 g/mol. The maximum Gasteiger partial charge on any atom is 0.242 e. The summed E-state index contributed by atoms with van der Waals surface area (Å²) in [6.07, 6.45) is 0. The molecule has 0 amide bonds. The van der Waals surface area contributed by atoms with Gasteiger partial charge in [-0.3, -0.25) is 0 Å². The predicted octanol–water partition coefficient (Wildman–Crippen LogP) is 2.09. The van der Waals surface area contributed by atoms with E-state index in [1.165, 1.54) is 11.3 Å². The minimum atomic E-state index is -3.52. The van der Waals surface area contributed by atoms with E-state index >= 15 is 0 Å². The lowest BCUT2D eigenvalue weighted by Crippen LogP contribution is -2.44. The van der Waals surface area contributed by atoms with Crippen LogP contribution < -0.4 is 10.0 Å². The van der Waals surface area contributed by atoms with Gasteiger partial charge in [0.25, 0.3) is 0 Å². The highest BCUT2D eigenvalue weighted by Crippen LogP contribution is 2.31. The first-order valence-electron chi connectivity index (χ1n) is 6.77. The maximum absolute atomic E-state index is 12.6. The molecule has 0 aliphatic heterocycles. The molecule has 0 spiro atoms. The number of halogens is 1. The Labute approximate surface area is 140 Å². The molecule has 0 aromatic carbocycles. The van der Waals surface area contributed by atoms with E-state index in [0.29, 0.717) is 21.8 Å². The summed E-state index contributed by atoms with van der Waals surface area (Å²) in [5.41, 5.74) is 0. The standard InChI is InChI=1S/C13H24BrN3O2S2/c1-9(2)11(8-17(4)5)16-21(18,19)12-6-10(7-15-3)20-13(12)14/h6,9,11,15-16H,7-8H2,1-5H3. The molecule has 1 aromatic heterocycles. The van der Waals surface area contributed by atoms with Crippen molar-refractivity contribution in [1.29, 1.82) is 0 Å². The van der Waals surface area contributed by atoms with Crippen molar-refractivity contribution in [1.82, 2.24) is 14.9 Å². The number of hydrogen-bond acceptors (Lipinski definition) is 5. The summed E-state index contributed by atoms with van der Waals surface area (Å²) in [4.78, 5) is 3.29. The van der Waals surface area contributed by atoms with E-state index < -0.39 is 10.0 Å². The summed E-state index contributed by atoms with van der Waals surface area (Å²) in [5, 5.41) is 3.03. The van der Waals surface area contributed by atoms with Gasteiger partial charge in [-0.05, 0) is 49.1 Å². The summed E-state index contributed by atoms with van der Waals surface area (Å²) in [5.74, 6) is 0.219. The summed E-state index contributed by atoms with van der Waals surface area (Å²) in [6, 6.07) is 1.60. The topological polar surface area (TPSA) is 61.4 Å². The molecule has 1 rings (SSSR count). The van der Waals surface area contributed by atoms with Crippen LogP contribution in [0.15, 0.2) is 14.7 Å². The Morgan fingerprint density at radius 2 is 2.00 bits per heavy atom. The van der Waals surface area contributed by atoms with Crippen molar-refractivity contribution >= 4 is 37.3 Å². The molecule has 1 unspecified atom stereocenters. The fourth-order valence-corrected chi connectivity index (χ4v) is 5.95. The van der Waals surface area contributed by atoms with E-state index in [0.717, 1.165) is 4.88 Å². The molecule has 1 aromatic rings. The van der Waals surface area contributed by atoms with Gasteiger partial charge in [-0.1, -0.05) is 13.8 Å². The average Bonchev–Trinajstić information content (AvgIpc) is 2.69. The van der Waals surface area contributed by atoms with Crippen molar-refractivity contribution in [3.63, 3.8) is 0 Å². The maximum atomic E-state index is 12.6. The predicted molar refractivity (Wildman–Crippen MR) is 92.3 cm³/mol. The van der Waals surface area contributed by atoms with Crippen molar-refractivity contribution in [2.75, 3.05) is 27.7 Å². The van der Waals surface area contributed by atoms with Crippen molar-refractivity contribution < 1.29 is 8.42 Å². The van der Waals surface area contributed by atoms with Gasteiger partial charge >= 0.3 is 0 Å². The van der Waals surface area contributed by atoms with Crippen LogP contribution >= 0.6 is 27.3 Å². The molecule has 0 saturated carbocycles. The largest absolute Gasteiger partial charge is 0.315 e. The molecule has 5 nitrogen and oxygen atoms in total. The molecule has 1 atom stereocenters. The third kappa shape index (κ3) is 5.61. The van der Waals surface area contributed by atoms with Crippen LogP contribution in [0.25, 0.3) is 0 Å². The molecule has 0 fully saturated rings. The Bertz CT molecular complexity index is 556. The van der Waals surface area contributed by atoms with Crippen LogP contribution in [0.3, 0.4) is 0 Å². The molecule has 1 heterocycles. The Balaban J connectivity index is 2.99. The van der Waals surface area contributed by atoms with Gasteiger partial charge in [0, 0.05) is 24.0 Å². The van der Waals surface area contributed by atoms with Crippen LogP contribution in [0.4, 0.5) is 0 Å². The van der Waals surface area contributed by atoms with E-state index in [9.17, 15) is 8.42 Å². The molecular weight excluding hydrogens is 374 g/mol. The van der Waals surface area contributed by atoms with Gasteiger partial charge < -0.3 is 10.2 Å². The number of nitrogens with one attached hydrogen (secondary N) is 2. The van der Waals surface area contributed by atoms with E-state index in [1.807, 2.05) is 39.9 Å². The van der Waals surface area contributed by atoms with E-state index in [1.54, 1.807) is 6.07 Å². The van der Waals surface area contributed by atoms with Crippen LogP contribution in [0.1, 0.15) is 18.7 Å². The lowest BCUT2D eigenvalue weighted by Gasteiger charge is -2.25. The first-order chi connectivity index (χ1) is 9.67. The fraction of sp³-hybridized carbons (Fsp3) is 0.692. The van der Waals surface area contributed by atoms with E-state index in [-0.39, 0.29) is 12.0 Å². The Kier molecular flexibility index (Phi) is 7.29. The first kappa shape index (κ1) is 19.1. The number of hydrogen-bond donors (Lipinski definition) is 2. The van der Waals surface area contributed by atoms with Crippen LogP contribution in [0, 0.1) is 5.92 Å². The van der Waals surface area contributed by atoms with Crippen LogP contribution in [-0.4, -0.2) is 47.0 Å². The van der Waals surface area contributed by atoms with Gasteiger partial charge in [0.05, 0.1) is 3.79 Å². The molecule has 0 bridgehead atoms. The van der Waals surface area contributed by atoms with E-state index in [4.69, 9.17) is 0 Å². The lowest BCUT2D eigenvalue weighted by atomic mass is 10.1. The zero-order chi connectivity index (χ0) is 16.2. The van der Waals surface area contributed by atoms with Crippen LogP contribution in [0.2, 0.25) is 0 Å². The Morgan fingerprint density at radius 1 is 1.38 bits per heavy atom. The number of nitrogens with zero attached hydrogens (tertiary/aromatic N) is 1. The van der Waals surface area contributed by atoms with Gasteiger partial charge in [-0.2, -0.15) is 0 Å². The third-order valence-electron chi connectivity index (χ3n) is 3.02. The molecule has 0 aliphatic carbocycles. The normalized spacial score (nSPS) is 14.1. The van der Waals surface area contributed by atoms with Crippen LogP contribution in [-0.2, 0) is 16.6 Å². The van der Waals surface area contributed by atoms with Gasteiger partial charge in [-0.25, -0.2) is 13.1 Å². The second kappa shape index (κ2) is 8.03. The first-order valence-corrected chi connectivity index (χ1v) is 9.86. The minimum Gasteiger partial charge on any atom is -0.315 e. The van der Waals surface area contributed by atoms with Crippen molar-refractivity contribution in [3.05, 3.63) is 14.7 Å². The molecule has 0 aliphatic rings. The summed E-state index contributed by atoms with van der Waals surface area (Å²) < 4.78 is 28.7. The van der Waals surface area contributed by atoms with Gasteiger partial charge in [-0.15, -0.1) is 11.3 Å². The number of thiophene rings is 1. The number of likely N-dealkylation sites (N-methyl/N-ethyl adjacent to an activating group) is 1. The Hall–Kier alpha value is 0.01000. The molecule has 21 heavy (non-hydrogen) atoms. The van der Waals surface area contributed by atoms with Crippen molar-refractivity contribution in [2.45, 2.75) is 31.3 Å². The zero-order valence-electron chi connectivity index (χ0n) is 13.1. The molecule has 122 valence electrons. The second-order valence-corrected chi connectivity index (χ2v) is 9.75. The summed E-state index contributed by atoms with van der Waals surface area (Å²) in [6.45, 7) is 5.36. The summed E-state index contributed by atoms with van der Waals surface area (Å²) >= 11 is 4.80. The molecule has 8 heteroatoms. The smallest absolute Gasteiger partial charge is 0.242 e. The van der Waals surface area contributed by atoms with E-state index in [2.05, 4.69) is 26.0 Å². The minimum absolute atomic E-state index is 0.121. The molecular formula is C13H24BrN3O2S2. The highest BCUT2D eigenvalue weighted by Gasteiger charge is 2.26. The molecule has 0 saturated heterocycles. The lowest BCUT2D eigenvalue weighted by molar-refractivity contribution is 0.314. The third-order valence-corrected chi connectivity index (χ3v) is 6.76. The van der Waals surface area contributed by atoms with Crippen LogP contribution in [0.5, 0.6) is 0 Å². The number of rotatable bonds is 8. The van der Waals surface area contributed by atoms with Crippen molar-refractivity contribution in [3.8, 4) is 0 Å². The summed E-state index contributed by atoms with van der Waals surface area (Å²) in [7, 11) is 2.20.